The van der Waals surface area contributed by atoms with Gasteiger partial charge in [-0.2, -0.15) is 4.31 Å². The maximum absolute atomic E-state index is 13.1. The normalized spacial score (nSPS) is 20.9. The second kappa shape index (κ2) is 8.95. The minimum Gasteiger partial charge on any atom is -0.361 e. The van der Waals surface area contributed by atoms with E-state index in [-0.39, 0.29) is 16.8 Å². The quantitative estimate of drug-likeness (QED) is 0.604. The number of carbonyl (C=O) groups is 1. The number of aromatic nitrogens is 1. The molecule has 33 heavy (non-hydrogen) atoms. The fraction of sp³-hybridized carbons (Fsp3) is 0.423. The highest BCUT2D eigenvalue weighted by molar-refractivity contribution is 7.89. The Morgan fingerprint density at radius 1 is 0.939 bits per heavy atom. The summed E-state index contributed by atoms with van der Waals surface area (Å²) in [6, 6.07) is 14.9. The van der Waals surface area contributed by atoms with E-state index in [4.69, 9.17) is 0 Å². The summed E-state index contributed by atoms with van der Waals surface area (Å²) < 4.78 is 27.7. The molecule has 1 N–H and O–H groups in total. The molecule has 2 saturated heterocycles. The number of fused-ring (bicyclic) bond motifs is 1. The lowest BCUT2D eigenvalue weighted by molar-refractivity contribution is 0.0713. The molecule has 2 aliphatic heterocycles. The fourth-order valence-electron chi connectivity index (χ4n) is 5.34. The molecule has 1 amide bonds. The van der Waals surface area contributed by atoms with Crippen LogP contribution in [-0.2, 0) is 10.0 Å². The number of aromatic amines is 1. The van der Waals surface area contributed by atoms with Crippen LogP contribution in [0.3, 0.4) is 0 Å². The Morgan fingerprint density at radius 2 is 1.67 bits per heavy atom. The van der Waals surface area contributed by atoms with Crippen LogP contribution >= 0.6 is 0 Å². The van der Waals surface area contributed by atoms with Crippen LogP contribution in [0.5, 0.6) is 0 Å². The number of H-pyrrole nitrogens is 1. The van der Waals surface area contributed by atoms with Crippen LogP contribution in [0.15, 0.2) is 59.6 Å². The number of likely N-dealkylation sites (tertiary alicyclic amines) is 1. The zero-order chi connectivity index (χ0) is 23.0. The van der Waals surface area contributed by atoms with Crippen LogP contribution in [0.1, 0.15) is 60.9 Å². The topological polar surface area (TPSA) is 73.5 Å². The first-order valence-corrected chi connectivity index (χ1v) is 13.4. The smallest absolute Gasteiger partial charge is 0.253 e. The lowest BCUT2D eigenvalue weighted by Crippen LogP contribution is -2.42. The third kappa shape index (κ3) is 4.20. The number of para-hydroxylation sites is 1. The zero-order valence-electron chi connectivity index (χ0n) is 19.0. The average Bonchev–Trinajstić information content (AvgIpc) is 3.28. The molecule has 7 heteroatoms. The molecule has 2 aliphatic rings. The van der Waals surface area contributed by atoms with E-state index in [9.17, 15) is 13.2 Å². The third-order valence-corrected chi connectivity index (χ3v) is 9.32. The van der Waals surface area contributed by atoms with E-state index in [1.165, 1.54) is 10.9 Å². The van der Waals surface area contributed by atoms with Crippen molar-refractivity contribution in [1.29, 1.82) is 0 Å². The summed E-state index contributed by atoms with van der Waals surface area (Å²) >= 11 is 0. The van der Waals surface area contributed by atoms with Crippen LogP contribution < -0.4 is 0 Å². The van der Waals surface area contributed by atoms with Crippen molar-refractivity contribution in [3.8, 4) is 0 Å². The molecule has 0 aliphatic carbocycles. The number of sulfonamides is 1. The molecule has 1 atom stereocenters. The van der Waals surface area contributed by atoms with E-state index in [1.807, 2.05) is 17.9 Å². The molecular formula is C26H31N3O3S. The number of carbonyl (C=O) groups excluding carboxylic acids is 1. The van der Waals surface area contributed by atoms with Gasteiger partial charge in [0.05, 0.1) is 4.90 Å². The van der Waals surface area contributed by atoms with E-state index in [1.54, 1.807) is 28.6 Å². The Balaban J connectivity index is 1.25. The van der Waals surface area contributed by atoms with E-state index in [0.29, 0.717) is 31.1 Å². The minimum absolute atomic E-state index is 0.0171. The highest BCUT2D eigenvalue weighted by Crippen LogP contribution is 2.33. The van der Waals surface area contributed by atoms with E-state index >= 15 is 0 Å². The second-order valence-corrected chi connectivity index (χ2v) is 11.2. The van der Waals surface area contributed by atoms with Gasteiger partial charge in [0.1, 0.15) is 0 Å². The van der Waals surface area contributed by atoms with Gasteiger partial charge in [0.25, 0.3) is 5.91 Å². The third-order valence-electron chi connectivity index (χ3n) is 7.29. The van der Waals surface area contributed by atoms with Gasteiger partial charge in [-0.15, -0.1) is 0 Å². The SMILES string of the molecule is CC1CCCCN1S(=O)(=O)c1ccc(C(=O)N2CCC(c3c[nH]c4ccccc34)CC2)cc1. The Morgan fingerprint density at radius 3 is 2.39 bits per heavy atom. The first-order chi connectivity index (χ1) is 15.9. The lowest BCUT2D eigenvalue weighted by atomic mass is 9.89. The zero-order valence-corrected chi connectivity index (χ0v) is 19.9. The molecule has 3 aromatic rings. The van der Waals surface area contributed by atoms with Crippen molar-refractivity contribution in [2.45, 2.75) is 55.9 Å². The molecule has 5 rings (SSSR count). The lowest BCUT2D eigenvalue weighted by Gasteiger charge is -2.33. The maximum atomic E-state index is 13.1. The summed E-state index contributed by atoms with van der Waals surface area (Å²) in [7, 11) is -3.52. The summed E-state index contributed by atoms with van der Waals surface area (Å²) in [6.07, 6.45) is 6.81. The number of nitrogens with one attached hydrogen (secondary N) is 1. The van der Waals surface area contributed by atoms with Gasteiger partial charge in [0, 0.05) is 48.3 Å². The number of hydrogen-bond acceptors (Lipinski definition) is 3. The summed E-state index contributed by atoms with van der Waals surface area (Å²) in [4.78, 5) is 18.6. The van der Waals surface area contributed by atoms with Crippen LogP contribution in [0, 0.1) is 0 Å². The van der Waals surface area contributed by atoms with Crippen molar-refractivity contribution in [3.63, 3.8) is 0 Å². The Labute approximate surface area is 195 Å². The Kier molecular flexibility index (Phi) is 6.01. The number of amides is 1. The van der Waals surface area contributed by atoms with Crippen molar-refractivity contribution < 1.29 is 13.2 Å². The number of rotatable bonds is 4. The van der Waals surface area contributed by atoms with E-state index in [0.717, 1.165) is 37.6 Å². The molecular weight excluding hydrogens is 434 g/mol. The molecule has 6 nitrogen and oxygen atoms in total. The standard InChI is InChI=1S/C26H31N3O3S/c1-19-6-4-5-15-29(19)33(31,32)22-11-9-21(10-12-22)26(30)28-16-13-20(14-17-28)24-18-27-25-8-3-2-7-23(24)25/h2-3,7-12,18-20,27H,4-6,13-17H2,1H3. The van der Waals surface area contributed by atoms with Crippen molar-refractivity contribution in [1.82, 2.24) is 14.2 Å². The van der Waals surface area contributed by atoms with Crippen molar-refractivity contribution in [3.05, 3.63) is 65.9 Å². The molecule has 0 saturated carbocycles. The van der Waals surface area contributed by atoms with Crippen LogP contribution in [0.2, 0.25) is 0 Å². The summed E-state index contributed by atoms with van der Waals surface area (Å²) in [5, 5.41) is 1.27. The fourth-order valence-corrected chi connectivity index (χ4v) is 7.04. The molecule has 174 valence electrons. The van der Waals surface area contributed by atoms with Gasteiger partial charge < -0.3 is 9.88 Å². The molecule has 2 fully saturated rings. The second-order valence-electron chi connectivity index (χ2n) is 9.34. The Bertz CT molecular complexity index is 1240. The molecule has 1 unspecified atom stereocenters. The highest BCUT2D eigenvalue weighted by atomic mass is 32.2. The number of nitrogens with zero attached hydrogens (tertiary/aromatic N) is 2. The van der Waals surface area contributed by atoms with Gasteiger partial charge in [-0.25, -0.2) is 8.42 Å². The minimum atomic E-state index is -3.52. The van der Waals surface area contributed by atoms with Crippen molar-refractivity contribution >= 4 is 26.8 Å². The highest BCUT2D eigenvalue weighted by Gasteiger charge is 2.31. The largest absolute Gasteiger partial charge is 0.361 e. The van der Waals surface area contributed by atoms with Gasteiger partial charge in [0.2, 0.25) is 10.0 Å². The van der Waals surface area contributed by atoms with Gasteiger partial charge in [-0.05, 0) is 74.4 Å². The van der Waals surface area contributed by atoms with E-state index < -0.39 is 10.0 Å². The van der Waals surface area contributed by atoms with Gasteiger partial charge in [0.15, 0.2) is 0 Å². The first-order valence-electron chi connectivity index (χ1n) is 11.9. The number of benzene rings is 2. The monoisotopic (exact) mass is 465 g/mol. The maximum Gasteiger partial charge on any atom is 0.253 e. The van der Waals surface area contributed by atoms with Crippen LogP contribution in [-0.4, -0.2) is 54.2 Å². The summed E-state index contributed by atoms with van der Waals surface area (Å²) in [5.74, 6) is 0.409. The van der Waals surface area contributed by atoms with Crippen LogP contribution in [0.25, 0.3) is 10.9 Å². The Hall–Kier alpha value is -2.64. The van der Waals surface area contributed by atoms with E-state index in [2.05, 4.69) is 29.4 Å². The molecule has 2 aromatic carbocycles. The molecule has 3 heterocycles. The summed E-state index contributed by atoms with van der Waals surface area (Å²) in [6.45, 7) is 3.94. The average molecular weight is 466 g/mol. The molecule has 0 spiro atoms. The molecule has 0 bridgehead atoms. The predicted molar refractivity (Wildman–Crippen MR) is 130 cm³/mol. The first kappa shape index (κ1) is 22.2. The van der Waals surface area contributed by atoms with Gasteiger partial charge in [-0.3, -0.25) is 4.79 Å². The molecule has 0 radical (unpaired) electrons. The number of hydrogen-bond donors (Lipinski definition) is 1. The predicted octanol–water partition coefficient (Wildman–Crippen LogP) is 4.75. The summed E-state index contributed by atoms with van der Waals surface area (Å²) in [5.41, 5.74) is 3.03. The van der Waals surface area contributed by atoms with Crippen molar-refractivity contribution in [2.75, 3.05) is 19.6 Å². The van der Waals surface area contributed by atoms with Gasteiger partial charge >= 0.3 is 0 Å². The molecule has 1 aromatic heterocycles. The van der Waals surface area contributed by atoms with Crippen molar-refractivity contribution in [2.24, 2.45) is 0 Å². The number of piperidine rings is 2. The van der Waals surface area contributed by atoms with Gasteiger partial charge in [-0.1, -0.05) is 24.6 Å². The van der Waals surface area contributed by atoms with Crippen LogP contribution in [0.4, 0.5) is 0 Å².